The summed E-state index contributed by atoms with van der Waals surface area (Å²) >= 11 is 0. The summed E-state index contributed by atoms with van der Waals surface area (Å²) in [7, 11) is 0. The molecule has 44 heavy (non-hydrogen) atoms. The standard InChI is InChI=1S/C34H28O10/c35-25-27(41-31(37)21-13-5-1-6-14-21)26(36)29(43-33(39)23-17-9-3-10-18-23)30(44-34(40)24-19-11-4-12-20-24)28(25)42-32(38)22-15-7-2-8-16-22/h1-20,25-30,35-36H/t25-,26-,27?,28-,29+,30?/m1/s1. The van der Waals surface area contributed by atoms with E-state index in [1.54, 1.807) is 72.8 Å². The maximum Gasteiger partial charge on any atom is 0.338 e. The Bertz CT molecular complexity index is 1510. The number of benzene rings is 4. The van der Waals surface area contributed by atoms with Crippen LogP contribution >= 0.6 is 0 Å². The second-order valence-electron chi connectivity index (χ2n) is 9.92. The van der Waals surface area contributed by atoms with Gasteiger partial charge in [-0.15, -0.1) is 0 Å². The van der Waals surface area contributed by atoms with Gasteiger partial charge in [-0.05, 0) is 48.5 Å². The first-order chi connectivity index (χ1) is 21.3. The van der Waals surface area contributed by atoms with E-state index in [0.29, 0.717) is 0 Å². The third kappa shape index (κ3) is 6.83. The SMILES string of the molecule is O=C(OC1[C@@H](O)[C@H](OC(=O)c2ccccc2)C(OC(=O)c2ccccc2)[C@H](OC(=O)c2ccccc2)[C@@H]1O)c1ccccc1. The lowest BCUT2D eigenvalue weighted by Gasteiger charge is -2.45. The molecule has 0 bridgehead atoms. The fourth-order valence-electron chi connectivity index (χ4n) is 4.76. The quantitative estimate of drug-likeness (QED) is 0.228. The minimum atomic E-state index is -1.91. The van der Waals surface area contributed by atoms with Crippen molar-refractivity contribution in [3.63, 3.8) is 0 Å². The number of aliphatic hydroxyl groups is 2. The van der Waals surface area contributed by atoms with Crippen molar-refractivity contribution in [1.29, 1.82) is 0 Å². The highest BCUT2D eigenvalue weighted by Gasteiger charge is 2.57. The van der Waals surface area contributed by atoms with Crippen LogP contribution in [0.2, 0.25) is 0 Å². The normalized spacial score (nSPS) is 22.7. The molecule has 2 N–H and O–H groups in total. The van der Waals surface area contributed by atoms with E-state index in [1.807, 2.05) is 0 Å². The summed E-state index contributed by atoms with van der Waals surface area (Å²) < 4.78 is 22.5. The van der Waals surface area contributed by atoms with Gasteiger partial charge in [0.15, 0.2) is 24.4 Å². The lowest BCUT2D eigenvalue weighted by atomic mass is 9.84. The van der Waals surface area contributed by atoms with Gasteiger partial charge < -0.3 is 29.2 Å². The molecule has 0 spiro atoms. The molecule has 1 aliphatic rings. The molecular weight excluding hydrogens is 568 g/mol. The van der Waals surface area contributed by atoms with Crippen LogP contribution in [0.3, 0.4) is 0 Å². The number of rotatable bonds is 8. The smallest absolute Gasteiger partial charge is 0.338 e. The molecule has 224 valence electrons. The van der Waals surface area contributed by atoms with Crippen LogP contribution in [0.4, 0.5) is 0 Å². The maximum absolute atomic E-state index is 13.2. The van der Waals surface area contributed by atoms with Crippen LogP contribution in [0.15, 0.2) is 121 Å². The lowest BCUT2D eigenvalue weighted by Crippen LogP contribution is -2.67. The predicted octanol–water partition coefficient (Wildman–Crippen LogP) is 3.62. The summed E-state index contributed by atoms with van der Waals surface area (Å²) in [5.41, 5.74) is 0.430. The van der Waals surface area contributed by atoms with Gasteiger partial charge in [-0.3, -0.25) is 0 Å². The predicted molar refractivity (Wildman–Crippen MR) is 155 cm³/mol. The third-order valence-electron chi connectivity index (χ3n) is 7.00. The van der Waals surface area contributed by atoms with Gasteiger partial charge in [0.25, 0.3) is 0 Å². The Balaban J connectivity index is 1.53. The third-order valence-corrected chi connectivity index (χ3v) is 7.00. The molecule has 1 saturated carbocycles. The minimum absolute atomic E-state index is 0.106. The topological polar surface area (TPSA) is 146 Å². The Morgan fingerprint density at radius 2 is 0.591 bits per heavy atom. The fraction of sp³-hybridized carbons (Fsp3) is 0.176. The highest BCUT2D eigenvalue weighted by atomic mass is 16.6. The van der Waals surface area contributed by atoms with Crippen molar-refractivity contribution in [1.82, 2.24) is 0 Å². The van der Waals surface area contributed by atoms with Crippen LogP contribution in [0, 0.1) is 0 Å². The van der Waals surface area contributed by atoms with Gasteiger partial charge in [0.1, 0.15) is 12.2 Å². The van der Waals surface area contributed by atoms with Crippen LogP contribution in [0.25, 0.3) is 0 Å². The second-order valence-corrected chi connectivity index (χ2v) is 9.92. The first-order valence-corrected chi connectivity index (χ1v) is 13.7. The molecule has 1 fully saturated rings. The summed E-state index contributed by atoms with van der Waals surface area (Å²) in [6.45, 7) is 0. The van der Waals surface area contributed by atoms with Crippen molar-refractivity contribution in [2.75, 3.05) is 0 Å². The Labute approximate surface area is 252 Å². The number of hydrogen-bond donors (Lipinski definition) is 2. The molecule has 1 aliphatic carbocycles. The van der Waals surface area contributed by atoms with Crippen molar-refractivity contribution >= 4 is 23.9 Å². The van der Waals surface area contributed by atoms with Crippen LogP contribution in [0.1, 0.15) is 41.4 Å². The molecule has 4 aromatic rings. The Hall–Kier alpha value is -5.32. The molecule has 10 heteroatoms. The first kappa shape index (κ1) is 30.1. The lowest BCUT2D eigenvalue weighted by molar-refractivity contribution is -0.223. The monoisotopic (exact) mass is 596 g/mol. The van der Waals surface area contributed by atoms with E-state index in [0.717, 1.165) is 0 Å². The van der Waals surface area contributed by atoms with Gasteiger partial charge in [0.2, 0.25) is 0 Å². The summed E-state index contributed by atoms with van der Waals surface area (Å²) in [4.78, 5) is 52.6. The zero-order valence-corrected chi connectivity index (χ0v) is 23.2. The van der Waals surface area contributed by atoms with Crippen molar-refractivity contribution in [2.45, 2.75) is 36.6 Å². The molecule has 2 unspecified atom stereocenters. The fourth-order valence-corrected chi connectivity index (χ4v) is 4.76. The molecular formula is C34H28O10. The van der Waals surface area contributed by atoms with E-state index in [-0.39, 0.29) is 22.3 Å². The number of carbonyl (C=O) groups excluding carboxylic acids is 4. The molecule has 10 nitrogen and oxygen atoms in total. The van der Waals surface area contributed by atoms with Gasteiger partial charge in [-0.2, -0.15) is 0 Å². The van der Waals surface area contributed by atoms with Crippen LogP contribution < -0.4 is 0 Å². The zero-order chi connectivity index (χ0) is 31.1. The summed E-state index contributed by atoms with van der Waals surface area (Å²) in [6.07, 6.45) is -10.8. The molecule has 0 aliphatic heterocycles. The number of ether oxygens (including phenoxy) is 4. The van der Waals surface area contributed by atoms with Crippen LogP contribution in [-0.2, 0) is 18.9 Å². The molecule has 4 aromatic carbocycles. The zero-order valence-electron chi connectivity index (χ0n) is 23.2. The number of esters is 4. The Morgan fingerprint density at radius 3 is 0.864 bits per heavy atom. The largest absolute Gasteiger partial charge is 0.453 e. The number of hydrogen-bond acceptors (Lipinski definition) is 10. The number of carbonyl (C=O) groups is 4. The maximum atomic E-state index is 13.2. The summed E-state index contributed by atoms with van der Waals surface area (Å²) in [5.74, 6) is -3.63. The minimum Gasteiger partial charge on any atom is -0.453 e. The van der Waals surface area contributed by atoms with Crippen molar-refractivity contribution in [3.8, 4) is 0 Å². The van der Waals surface area contributed by atoms with E-state index >= 15 is 0 Å². The number of aliphatic hydroxyl groups excluding tert-OH is 2. The van der Waals surface area contributed by atoms with E-state index in [9.17, 15) is 29.4 Å². The Kier molecular flexibility index (Phi) is 9.43. The van der Waals surface area contributed by atoms with Crippen molar-refractivity contribution < 1.29 is 48.3 Å². The Morgan fingerprint density at radius 1 is 0.364 bits per heavy atom. The van der Waals surface area contributed by atoms with Gasteiger partial charge in [-0.1, -0.05) is 72.8 Å². The highest BCUT2D eigenvalue weighted by molar-refractivity contribution is 5.92. The van der Waals surface area contributed by atoms with E-state index < -0.39 is 60.5 Å². The van der Waals surface area contributed by atoms with Crippen molar-refractivity contribution in [3.05, 3.63) is 144 Å². The molecule has 0 heterocycles. The van der Waals surface area contributed by atoms with Gasteiger partial charge in [0.05, 0.1) is 22.3 Å². The van der Waals surface area contributed by atoms with Gasteiger partial charge >= 0.3 is 23.9 Å². The molecule has 0 radical (unpaired) electrons. The van der Waals surface area contributed by atoms with E-state index in [4.69, 9.17) is 18.9 Å². The summed E-state index contributed by atoms with van der Waals surface area (Å²) in [6, 6.07) is 31.3. The first-order valence-electron chi connectivity index (χ1n) is 13.7. The average molecular weight is 597 g/mol. The highest BCUT2D eigenvalue weighted by Crippen LogP contribution is 2.32. The molecule has 5 rings (SSSR count). The van der Waals surface area contributed by atoms with Crippen molar-refractivity contribution in [2.24, 2.45) is 0 Å². The molecule has 0 saturated heterocycles. The average Bonchev–Trinajstić information content (AvgIpc) is 3.07. The second kappa shape index (κ2) is 13.8. The summed E-state index contributed by atoms with van der Waals surface area (Å²) in [5, 5.41) is 22.9. The molecule has 0 aromatic heterocycles. The van der Waals surface area contributed by atoms with Gasteiger partial charge in [0, 0.05) is 0 Å². The van der Waals surface area contributed by atoms with Crippen LogP contribution in [0.5, 0.6) is 0 Å². The molecule has 6 atom stereocenters. The van der Waals surface area contributed by atoms with E-state index in [2.05, 4.69) is 0 Å². The molecule has 0 amide bonds. The van der Waals surface area contributed by atoms with E-state index in [1.165, 1.54) is 48.5 Å². The van der Waals surface area contributed by atoms with Gasteiger partial charge in [-0.25, -0.2) is 19.2 Å². The van der Waals surface area contributed by atoms with Crippen LogP contribution in [-0.4, -0.2) is 70.7 Å².